The Labute approximate surface area is 92.9 Å². The van der Waals surface area contributed by atoms with Gasteiger partial charge in [-0.3, -0.25) is 0 Å². The molecule has 2 aromatic carbocycles. The van der Waals surface area contributed by atoms with E-state index in [1.54, 1.807) is 0 Å². The van der Waals surface area contributed by atoms with E-state index in [4.69, 9.17) is 0 Å². The van der Waals surface area contributed by atoms with E-state index in [0.717, 1.165) is 0 Å². The van der Waals surface area contributed by atoms with Crippen molar-refractivity contribution in [3.8, 4) is 0 Å². The van der Waals surface area contributed by atoms with Crippen LogP contribution >= 0.6 is 0 Å². The summed E-state index contributed by atoms with van der Waals surface area (Å²) in [6, 6.07) is 8.65. The topological polar surface area (TPSA) is 0 Å². The number of fused-ring (bicyclic) bond motifs is 1. The molecule has 0 spiro atoms. The largest absolute Gasteiger partial charge is 0.0776 e. The second-order valence-corrected chi connectivity index (χ2v) is 4.05. The predicted molar refractivity (Wildman–Crippen MR) is 69.6 cm³/mol. The lowest BCUT2D eigenvalue weighted by Crippen LogP contribution is -1.93. The summed E-state index contributed by atoms with van der Waals surface area (Å²) in [6.45, 7) is 8.85. The molecule has 0 aliphatic carbocycles. The fourth-order valence-corrected chi connectivity index (χ4v) is 2.10. The number of benzene rings is 2. The SMILES string of the molecule is C.Cc1c(C)c(C)c2ccccc2c1C. The Morgan fingerprint density at radius 2 is 0.933 bits per heavy atom. The van der Waals surface area contributed by atoms with Crippen molar-refractivity contribution in [2.75, 3.05) is 0 Å². The van der Waals surface area contributed by atoms with Crippen LogP contribution < -0.4 is 0 Å². The van der Waals surface area contributed by atoms with Crippen LogP contribution in [0.2, 0.25) is 0 Å². The Hall–Kier alpha value is -1.30. The first-order valence-corrected chi connectivity index (χ1v) is 5.08. The van der Waals surface area contributed by atoms with Crippen molar-refractivity contribution in [1.82, 2.24) is 0 Å². The van der Waals surface area contributed by atoms with Crippen LogP contribution in [0.15, 0.2) is 24.3 Å². The van der Waals surface area contributed by atoms with Gasteiger partial charge in [-0.2, -0.15) is 0 Å². The molecule has 2 rings (SSSR count). The Morgan fingerprint density at radius 3 is 1.27 bits per heavy atom. The Morgan fingerprint density at radius 1 is 0.600 bits per heavy atom. The highest BCUT2D eigenvalue weighted by Crippen LogP contribution is 2.28. The first kappa shape index (κ1) is 11.8. The molecular formula is C15H20. The average Bonchev–Trinajstić information content (AvgIpc) is 2.23. The molecule has 15 heavy (non-hydrogen) atoms. The number of hydrogen-bond acceptors (Lipinski definition) is 0. The third kappa shape index (κ3) is 1.65. The third-order valence-electron chi connectivity index (χ3n) is 3.42. The van der Waals surface area contributed by atoms with E-state index >= 15 is 0 Å². The average molecular weight is 200 g/mol. The molecule has 0 fully saturated rings. The molecule has 0 radical (unpaired) electrons. The Bertz CT molecular complexity index is 446. The fourth-order valence-electron chi connectivity index (χ4n) is 2.10. The van der Waals surface area contributed by atoms with Gasteiger partial charge in [-0.25, -0.2) is 0 Å². The second kappa shape index (κ2) is 4.06. The van der Waals surface area contributed by atoms with Crippen LogP contribution in [-0.2, 0) is 0 Å². The van der Waals surface area contributed by atoms with Crippen molar-refractivity contribution in [2.24, 2.45) is 0 Å². The van der Waals surface area contributed by atoms with Crippen molar-refractivity contribution >= 4 is 10.8 Å². The van der Waals surface area contributed by atoms with Gasteiger partial charge in [0.1, 0.15) is 0 Å². The van der Waals surface area contributed by atoms with Gasteiger partial charge in [0.2, 0.25) is 0 Å². The number of hydrogen-bond donors (Lipinski definition) is 0. The summed E-state index contributed by atoms with van der Waals surface area (Å²) in [4.78, 5) is 0. The van der Waals surface area contributed by atoms with Crippen LogP contribution in [0.25, 0.3) is 10.8 Å². The van der Waals surface area contributed by atoms with Crippen LogP contribution in [0.1, 0.15) is 29.7 Å². The van der Waals surface area contributed by atoms with E-state index in [-0.39, 0.29) is 7.43 Å². The normalized spacial score (nSPS) is 10.1. The van der Waals surface area contributed by atoms with Crippen molar-refractivity contribution in [1.29, 1.82) is 0 Å². The van der Waals surface area contributed by atoms with E-state index in [1.165, 1.54) is 33.0 Å². The molecule has 0 saturated carbocycles. The maximum atomic E-state index is 2.21. The van der Waals surface area contributed by atoms with Crippen molar-refractivity contribution in [2.45, 2.75) is 35.1 Å². The van der Waals surface area contributed by atoms with Crippen molar-refractivity contribution in [3.05, 3.63) is 46.5 Å². The number of aryl methyl sites for hydroxylation is 2. The minimum absolute atomic E-state index is 0. The van der Waals surface area contributed by atoms with E-state index in [0.29, 0.717) is 0 Å². The van der Waals surface area contributed by atoms with Gasteiger partial charge < -0.3 is 0 Å². The predicted octanol–water partition coefficient (Wildman–Crippen LogP) is 4.71. The molecule has 0 atom stereocenters. The Kier molecular flexibility index (Phi) is 3.18. The molecule has 2 aromatic rings. The van der Waals surface area contributed by atoms with E-state index in [9.17, 15) is 0 Å². The van der Waals surface area contributed by atoms with Gasteiger partial charge in [-0.15, -0.1) is 0 Å². The molecule has 0 amide bonds. The molecule has 0 unspecified atom stereocenters. The van der Waals surface area contributed by atoms with E-state index < -0.39 is 0 Å². The molecule has 0 aliphatic rings. The molecule has 0 saturated heterocycles. The second-order valence-electron chi connectivity index (χ2n) is 4.05. The summed E-state index contributed by atoms with van der Waals surface area (Å²) >= 11 is 0. The molecule has 0 nitrogen and oxygen atoms in total. The van der Waals surface area contributed by atoms with Crippen molar-refractivity contribution < 1.29 is 0 Å². The van der Waals surface area contributed by atoms with Crippen molar-refractivity contribution in [3.63, 3.8) is 0 Å². The molecule has 80 valence electrons. The zero-order valence-corrected chi connectivity index (χ0v) is 9.31. The lowest BCUT2D eigenvalue weighted by Gasteiger charge is -2.13. The first-order chi connectivity index (χ1) is 6.63. The molecule has 0 N–H and O–H groups in total. The molecule has 0 aliphatic heterocycles. The highest BCUT2D eigenvalue weighted by molar-refractivity contribution is 5.90. The summed E-state index contributed by atoms with van der Waals surface area (Å²) in [5, 5.41) is 2.79. The summed E-state index contributed by atoms with van der Waals surface area (Å²) < 4.78 is 0. The summed E-state index contributed by atoms with van der Waals surface area (Å²) in [5.41, 5.74) is 5.70. The molecule has 0 heteroatoms. The lowest BCUT2D eigenvalue weighted by molar-refractivity contribution is 1.25. The quantitative estimate of drug-likeness (QED) is 0.577. The summed E-state index contributed by atoms with van der Waals surface area (Å²) in [6.07, 6.45) is 0. The van der Waals surface area contributed by atoms with E-state index in [2.05, 4.69) is 52.0 Å². The van der Waals surface area contributed by atoms with Gasteiger partial charge in [0, 0.05) is 0 Å². The number of rotatable bonds is 0. The van der Waals surface area contributed by atoms with Crippen LogP contribution in [0.4, 0.5) is 0 Å². The summed E-state index contributed by atoms with van der Waals surface area (Å²) in [5.74, 6) is 0. The fraction of sp³-hybridized carbons (Fsp3) is 0.333. The third-order valence-corrected chi connectivity index (χ3v) is 3.42. The van der Waals surface area contributed by atoms with Crippen LogP contribution in [0.3, 0.4) is 0 Å². The standard InChI is InChI=1S/C14H16.CH4/c1-9-10(2)12(4)14-8-6-5-7-13(14)11(9)3;/h5-8H,1-4H3;1H4. The maximum Gasteiger partial charge on any atom is -0.0149 e. The van der Waals surface area contributed by atoms with Crippen LogP contribution in [0, 0.1) is 27.7 Å². The zero-order valence-electron chi connectivity index (χ0n) is 9.31. The van der Waals surface area contributed by atoms with Gasteiger partial charge in [-0.05, 0) is 60.7 Å². The summed E-state index contributed by atoms with van der Waals surface area (Å²) in [7, 11) is 0. The van der Waals surface area contributed by atoms with Gasteiger partial charge >= 0.3 is 0 Å². The minimum atomic E-state index is 0. The van der Waals surface area contributed by atoms with Gasteiger partial charge in [0.25, 0.3) is 0 Å². The van der Waals surface area contributed by atoms with Gasteiger partial charge in [0.05, 0.1) is 0 Å². The molecule has 0 bridgehead atoms. The highest BCUT2D eigenvalue weighted by atomic mass is 14.1. The monoisotopic (exact) mass is 200 g/mol. The van der Waals surface area contributed by atoms with Crippen LogP contribution in [0.5, 0.6) is 0 Å². The van der Waals surface area contributed by atoms with Crippen LogP contribution in [-0.4, -0.2) is 0 Å². The van der Waals surface area contributed by atoms with Gasteiger partial charge in [-0.1, -0.05) is 31.7 Å². The molecule has 0 aromatic heterocycles. The first-order valence-electron chi connectivity index (χ1n) is 5.08. The maximum absolute atomic E-state index is 2.21. The van der Waals surface area contributed by atoms with Gasteiger partial charge in [0.15, 0.2) is 0 Å². The minimum Gasteiger partial charge on any atom is -0.0776 e. The smallest absolute Gasteiger partial charge is 0.0149 e. The molecular weight excluding hydrogens is 180 g/mol. The Balaban J connectivity index is 0.00000112. The lowest BCUT2D eigenvalue weighted by atomic mass is 9.92. The highest BCUT2D eigenvalue weighted by Gasteiger charge is 2.07. The zero-order chi connectivity index (χ0) is 10.3. The van der Waals surface area contributed by atoms with E-state index in [1.807, 2.05) is 0 Å². The molecule has 0 heterocycles.